The normalized spacial score (nSPS) is 12.7. The molecule has 0 bridgehead atoms. The Morgan fingerprint density at radius 1 is 1.25 bits per heavy atom. The molecule has 2 rings (SSSR count). The van der Waals surface area contributed by atoms with Crippen molar-refractivity contribution < 1.29 is 0 Å². The smallest absolute Gasteiger partial charge is 0.225 e. The van der Waals surface area contributed by atoms with Crippen LogP contribution in [0.4, 0.5) is 0 Å². The van der Waals surface area contributed by atoms with Crippen LogP contribution >= 0.6 is 11.6 Å². The van der Waals surface area contributed by atoms with E-state index in [1.165, 1.54) is 5.56 Å². The first kappa shape index (κ1) is 11.1. The maximum atomic E-state index is 6.06. The molecule has 1 unspecified atom stereocenters. The van der Waals surface area contributed by atoms with Crippen molar-refractivity contribution in [3.63, 3.8) is 0 Å². The van der Waals surface area contributed by atoms with E-state index in [1.807, 2.05) is 22.8 Å². The van der Waals surface area contributed by atoms with Crippen molar-refractivity contribution in [1.82, 2.24) is 14.8 Å². The molecule has 0 spiro atoms. The van der Waals surface area contributed by atoms with Gasteiger partial charge < -0.3 is 0 Å². The highest BCUT2D eigenvalue weighted by Gasteiger charge is 2.15. The monoisotopic (exact) mass is 235 g/mol. The minimum absolute atomic E-state index is 0.165. The fourth-order valence-electron chi connectivity index (χ4n) is 1.81. The van der Waals surface area contributed by atoms with Gasteiger partial charge in [0.05, 0.1) is 6.04 Å². The minimum Gasteiger partial charge on any atom is -0.294 e. The Hall–Kier alpha value is -1.35. The number of aryl methyl sites for hydroxylation is 1. The Morgan fingerprint density at radius 3 is 2.56 bits per heavy atom. The molecule has 0 saturated heterocycles. The number of hydrogen-bond acceptors (Lipinski definition) is 2. The second-order valence-electron chi connectivity index (χ2n) is 3.70. The van der Waals surface area contributed by atoms with Crippen LogP contribution in [0.3, 0.4) is 0 Å². The summed E-state index contributed by atoms with van der Waals surface area (Å²) in [6.07, 6.45) is 0.830. The third-order valence-corrected chi connectivity index (χ3v) is 2.97. The summed E-state index contributed by atoms with van der Waals surface area (Å²) in [4.78, 5) is 0. The van der Waals surface area contributed by atoms with Crippen molar-refractivity contribution in [3.05, 3.63) is 47.0 Å². The second-order valence-corrected chi connectivity index (χ2v) is 4.03. The van der Waals surface area contributed by atoms with Crippen LogP contribution in [0.1, 0.15) is 31.3 Å². The van der Waals surface area contributed by atoms with E-state index in [1.54, 1.807) is 0 Å². The van der Waals surface area contributed by atoms with Crippen molar-refractivity contribution in [1.29, 1.82) is 0 Å². The molecule has 1 aromatic carbocycles. The van der Waals surface area contributed by atoms with Crippen LogP contribution in [-0.2, 0) is 6.42 Å². The first-order chi connectivity index (χ1) is 7.74. The second kappa shape index (κ2) is 4.66. The molecule has 2 aromatic rings. The Labute approximate surface area is 100 Å². The van der Waals surface area contributed by atoms with Crippen LogP contribution in [-0.4, -0.2) is 14.8 Å². The topological polar surface area (TPSA) is 30.7 Å². The molecule has 1 atom stereocenters. The standard InChI is InChI=1S/C12H14ClN3/c1-3-11-14-15-12(13)16(11)9(2)10-7-5-4-6-8-10/h4-9H,3H2,1-2H3. The van der Waals surface area contributed by atoms with Gasteiger partial charge in [0.25, 0.3) is 0 Å². The number of hydrogen-bond donors (Lipinski definition) is 0. The number of halogens is 1. The predicted molar refractivity (Wildman–Crippen MR) is 64.7 cm³/mol. The lowest BCUT2D eigenvalue weighted by Gasteiger charge is -2.16. The lowest BCUT2D eigenvalue weighted by Crippen LogP contribution is -2.10. The SMILES string of the molecule is CCc1nnc(Cl)n1C(C)c1ccccc1. The van der Waals surface area contributed by atoms with E-state index in [-0.39, 0.29) is 6.04 Å². The Morgan fingerprint density at radius 2 is 1.94 bits per heavy atom. The number of aromatic nitrogens is 3. The van der Waals surface area contributed by atoms with Crippen LogP contribution < -0.4 is 0 Å². The third-order valence-electron chi connectivity index (χ3n) is 2.71. The Bertz CT molecular complexity index is 464. The fraction of sp³-hybridized carbons (Fsp3) is 0.333. The lowest BCUT2D eigenvalue weighted by molar-refractivity contribution is 0.606. The molecule has 16 heavy (non-hydrogen) atoms. The number of benzene rings is 1. The van der Waals surface area contributed by atoms with Gasteiger partial charge in [-0.2, -0.15) is 0 Å². The van der Waals surface area contributed by atoms with Crippen LogP contribution in [0, 0.1) is 0 Å². The van der Waals surface area contributed by atoms with E-state index in [2.05, 4.69) is 36.2 Å². The van der Waals surface area contributed by atoms with Gasteiger partial charge >= 0.3 is 0 Å². The van der Waals surface area contributed by atoms with Crippen LogP contribution in [0.15, 0.2) is 30.3 Å². The third kappa shape index (κ3) is 1.95. The molecule has 1 aromatic heterocycles. The summed E-state index contributed by atoms with van der Waals surface area (Å²) in [6.45, 7) is 4.15. The molecule has 0 aliphatic rings. The lowest BCUT2D eigenvalue weighted by atomic mass is 10.1. The minimum atomic E-state index is 0.165. The summed E-state index contributed by atoms with van der Waals surface area (Å²) < 4.78 is 1.97. The molecule has 0 aliphatic heterocycles. The number of rotatable bonds is 3. The average Bonchev–Trinajstić information content (AvgIpc) is 2.70. The van der Waals surface area contributed by atoms with Gasteiger partial charge in [0.1, 0.15) is 5.82 Å². The first-order valence-electron chi connectivity index (χ1n) is 5.38. The molecule has 84 valence electrons. The summed E-state index contributed by atoms with van der Waals surface area (Å²) in [5.74, 6) is 0.918. The van der Waals surface area contributed by atoms with Crippen molar-refractivity contribution in [2.24, 2.45) is 0 Å². The van der Waals surface area contributed by atoms with E-state index in [0.717, 1.165) is 12.2 Å². The van der Waals surface area contributed by atoms with Gasteiger partial charge in [-0.1, -0.05) is 37.3 Å². The van der Waals surface area contributed by atoms with Gasteiger partial charge in [0.15, 0.2) is 0 Å². The molecule has 3 nitrogen and oxygen atoms in total. The maximum Gasteiger partial charge on any atom is 0.225 e. The quantitative estimate of drug-likeness (QED) is 0.819. The van der Waals surface area contributed by atoms with Crippen molar-refractivity contribution >= 4 is 11.6 Å². The van der Waals surface area contributed by atoms with E-state index in [0.29, 0.717) is 5.28 Å². The van der Waals surface area contributed by atoms with Gasteiger partial charge in [0, 0.05) is 6.42 Å². The first-order valence-corrected chi connectivity index (χ1v) is 5.76. The average molecular weight is 236 g/mol. The molecule has 0 fully saturated rings. The molecule has 0 radical (unpaired) electrons. The highest BCUT2D eigenvalue weighted by atomic mass is 35.5. The van der Waals surface area contributed by atoms with Crippen LogP contribution in [0.2, 0.25) is 5.28 Å². The summed E-state index contributed by atoms with van der Waals surface area (Å²) in [5.41, 5.74) is 1.21. The predicted octanol–water partition coefficient (Wildman–Crippen LogP) is 3.10. The van der Waals surface area contributed by atoms with Gasteiger partial charge in [-0.3, -0.25) is 4.57 Å². The summed E-state index contributed by atoms with van der Waals surface area (Å²) >= 11 is 6.06. The fourth-order valence-corrected chi connectivity index (χ4v) is 2.09. The van der Waals surface area contributed by atoms with E-state index in [9.17, 15) is 0 Å². The molecular weight excluding hydrogens is 222 g/mol. The Balaban J connectivity index is 2.41. The molecule has 0 aliphatic carbocycles. The van der Waals surface area contributed by atoms with Crippen LogP contribution in [0.5, 0.6) is 0 Å². The van der Waals surface area contributed by atoms with Crippen molar-refractivity contribution in [3.8, 4) is 0 Å². The van der Waals surface area contributed by atoms with Gasteiger partial charge in [-0.05, 0) is 24.1 Å². The molecule has 4 heteroatoms. The highest BCUT2D eigenvalue weighted by molar-refractivity contribution is 6.28. The van der Waals surface area contributed by atoms with Gasteiger partial charge in [-0.25, -0.2) is 0 Å². The molecular formula is C12H14ClN3. The summed E-state index contributed by atoms with van der Waals surface area (Å²) in [7, 11) is 0. The summed E-state index contributed by atoms with van der Waals surface area (Å²) in [6, 6.07) is 10.4. The van der Waals surface area contributed by atoms with E-state index in [4.69, 9.17) is 11.6 Å². The van der Waals surface area contributed by atoms with Crippen molar-refractivity contribution in [2.45, 2.75) is 26.3 Å². The summed E-state index contributed by atoms with van der Waals surface area (Å²) in [5, 5.41) is 8.43. The molecule has 0 saturated carbocycles. The number of nitrogens with zero attached hydrogens (tertiary/aromatic N) is 3. The maximum absolute atomic E-state index is 6.06. The Kier molecular flexibility index (Phi) is 3.25. The van der Waals surface area contributed by atoms with E-state index < -0.39 is 0 Å². The largest absolute Gasteiger partial charge is 0.294 e. The molecule has 1 heterocycles. The zero-order valence-corrected chi connectivity index (χ0v) is 10.1. The van der Waals surface area contributed by atoms with Gasteiger partial charge in [-0.15, -0.1) is 10.2 Å². The zero-order valence-electron chi connectivity index (χ0n) is 9.39. The molecule has 0 amide bonds. The molecule has 0 N–H and O–H groups in total. The highest BCUT2D eigenvalue weighted by Crippen LogP contribution is 2.23. The van der Waals surface area contributed by atoms with Crippen molar-refractivity contribution in [2.75, 3.05) is 0 Å². The van der Waals surface area contributed by atoms with E-state index >= 15 is 0 Å². The zero-order chi connectivity index (χ0) is 11.5. The van der Waals surface area contributed by atoms with Crippen LogP contribution in [0.25, 0.3) is 0 Å². The van der Waals surface area contributed by atoms with Gasteiger partial charge in [0.2, 0.25) is 5.28 Å².